The van der Waals surface area contributed by atoms with Crippen molar-refractivity contribution < 1.29 is 27.4 Å². The summed E-state index contributed by atoms with van der Waals surface area (Å²) in [6.45, 7) is 6.02. The zero-order chi connectivity index (χ0) is 25.5. The molecule has 196 valence electrons. The molecule has 1 fully saturated rings. The van der Waals surface area contributed by atoms with Crippen LogP contribution in [0.2, 0.25) is 0 Å². The topological polar surface area (TPSA) is 42.0 Å². The molecule has 0 atom stereocenters. The Balaban J connectivity index is 1.28. The van der Waals surface area contributed by atoms with Crippen LogP contribution in [0.25, 0.3) is 0 Å². The van der Waals surface area contributed by atoms with Crippen molar-refractivity contribution >= 4 is 29.1 Å². The van der Waals surface area contributed by atoms with Gasteiger partial charge in [0.05, 0.1) is 29.6 Å². The number of rotatable bonds is 10. The number of hydrogen-bond acceptors (Lipinski definition) is 6. The lowest BCUT2D eigenvalue weighted by Crippen LogP contribution is -2.38. The maximum atomic E-state index is 13.4. The number of alkyl halides is 3. The minimum absolute atomic E-state index is 0.171. The Labute approximate surface area is 214 Å². The predicted molar refractivity (Wildman–Crippen MR) is 135 cm³/mol. The van der Waals surface area contributed by atoms with Crippen LogP contribution >= 0.6 is 11.8 Å². The molecule has 2 aromatic rings. The number of likely N-dealkylation sites (tertiary alicyclic amines) is 1. The predicted octanol–water partition coefficient (Wildman–Crippen LogP) is 6.52. The van der Waals surface area contributed by atoms with E-state index in [1.54, 1.807) is 6.07 Å². The van der Waals surface area contributed by atoms with Crippen LogP contribution in [-0.2, 0) is 20.4 Å². The number of fused-ring (bicyclic) bond motifs is 2. The molecule has 0 bridgehead atoms. The molecular weight excluding hydrogens is 489 g/mol. The molecule has 2 aromatic carbocycles. The fraction of sp³-hybridized carbons (Fsp3) is 0.519. The molecule has 1 saturated heterocycles. The summed E-state index contributed by atoms with van der Waals surface area (Å²) in [5.74, 6) is -0.178. The largest absolute Gasteiger partial charge is 0.463 e. The van der Waals surface area contributed by atoms with Crippen LogP contribution < -0.4 is 4.90 Å². The number of esters is 1. The molecule has 0 radical (unpaired) electrons. The first kappa shape index (κ1) is 26.8. The molecule has 0 spiro atoms. The molecule has 0 N–H and O–H groups in total. The van der Waals surface area contributed by atoms with E-state index in [0.29, 0.717) is 31.9 Å². The highest BCUT2D eigenvalue weighted by atomic mass is 32.2. The Bertz CT molecular complexity index is 1030. The lowest BCUT2D eigenvalue weighted by molar-refractivity contribution is -0.146. The third kappa shape index (κ3) is 6.95. The molecule has 0 amide bonds. The van der Waals surface area contributed by atoms with Gasteiger partial charge in [-0.2, -0.15) is 13.2 Å². The van der Waals surface area contributed by atoms with Crippen molar-refractivity contribution in [1.82, 2.24) is 4.90 Å². The second-order valence-corrected chi connectivity index (χ2v) is 10.2. The van der Waals surface area contributed by atoms with Gasteiger partial charge >= 0.3 is 12.1 Å². The smallest absolute Gasteiger partial charge is 0.416 e. The molecule has 36 heavy (non-hydrogen) atoms. The average molecular weight is 523 g/mol. The summed E-state index contributed by atoms with van der Waals surface area (Å²) in [7, 11) is 0. The maximum absolute atomic E-state index is 13.4. The third-order valence-electron chi connectivity index (χ3n) is 6.50. The summed E-state index contributed by atoms with van der Waals surface area (Å²) < 4.78 is 51.2. The van der Waals surface area contributed by atoms with E-state index in [2.05, 4.69) is 4.90 Å². The molecule has 4 rings (SSSR count). The van der Waals surface area contributed by atoms with Crippen LogP contribution in [0.4, 0.5) is 24.5 Å². The molecule has 2 heterocycles. The van der Waals surface area contributed by atoms with Crippen LogP contribution in [0.15, 0.2) is 52.3 Å². The van der Waals surface area contributed by atoms with Crippen molar-refractivity contribution in [2.75, 3.05) is 44.3 Å². The lowest BCUT2D eigenvalue weighted by atomic mass is 10.1. The second-order valence-electron chi connectivity index (χ2n) is 9.14. The van der Waals surface area contributed by atoms with Crippen molar-refractivity contribution in [3.05, 3.63) is 48.0 Å². The Morgan fingerprint density at radius 1 is 1.03 bits per heavy atom. The van der Waals surface area contributed by atoms with Gasteiger partial charge < -0.3 is 19.3 Å². The average Bonchev–Trinajstić information content (AvgIpc) is 2.86. The molecule has 5 nitrogen and oxygen atoms in total. The van der Waals surface area contributed by atoms with Crippen molar-refractivity contribution in [1.29, 1.82) is 0 Å². The number of nitrogens with zero attached hydrogens (tertiary/aromatic N) is 2. The monoisotopic (exact) mass is 522 g/mol. The standard InChI is InChI=1S/C27H33F3N2O3S/c1-2-6-26(33)35-18-17-34-21-11-15-31(16-12-21)13-5-14-32-22-7-3-4-8-24(22)36-25-10-9-20(19-23(25)32)27(28,29)30/h3-4,7-10,19,21H,2,5-6,11-18H2,1H3. The van der Waals surface area contributed by atoms with E-state index >= 15 is 0 Å². The van der Waals surface area contributed by atoms with Crippen LogP contribution in [0.5, 0.6) is 0 Å². The molecule has 0 saturated carbocycles. The van der Waals surface area contributed by atoms with Crippen molar-refractivity contribution in [3.8, 4) is 0 Å². The van der Waals surface area contributed by atoms with E-state index in [0.717, 1.165) is 60.8 Å². The SMILES string of the molecule is CCCC(=O)OCCOC1CCN(CCCN2c3ccccc3Sc3ccc(C(F)(F)F)cc32)CC1. The van der Waals surface area contributed by atoms with E-state index in [1.165, 1.54) is 23.9 Å². The summed E-state index contributed by atoms with van der Waals surface area (Å²) in [4.78, 5) is 17.7. The minimum atomic E-state index is -4.37. The molecule has 2 aliphatic rings. The second kappa shape index (κ2) is 12.3. The van der Waals surface area contributed by atoms with Gasteiger partial charge in [0.1, 0.15) is 6.61 Å². The van der Waals surface area contributed by atoms with E-state index in [-0.39, 0.29) is 12.1 Å². The number of anilines is 2. The summed E-state index contributed by atoms with van der Waals surface area (Å²) in [6, 6.07) is 11.9. The summed E-state index contributed by atoms with van der Waals surface area (Å²) in [5, 5.41) is 0. The van der Waals surface area contributed by atoms with Gasteiger partial charge in [-0.25, -0.2) is 0 Å². The molecule has 9 heteroatoms. The first-order valence-electron chi connectivity index (χ1n) is 12.6. The van der Waals surface area contributed by atoms with E-state index in [1.807, 2.05) is 36.1 Å². The molecule has 0 unspecified atom stereocenters. The number of benzene rings is 2. The Kier molecular flexibility index (Phi) is 9.19. The van der Waals surface area contributed by atoms with Crippen LogP contribution in [0, 0.1) is 0 Å². The van der Waals surface area contributed by atoms with Gasteiger partial charge in [0.15, 0.2) is 0 Å². The molecule has 0 aromatic heterocycles. The van der Waals surface area contributed by atoms with E-state index in [4.69, 9.17) is 9.47 Å². The Hall–Kier alpha value is -2.23. The minimum Gasteiger partial charge on any atom is -0.463 e. The van der Waals surface area contributed by atoms with Gasteiger partial charge in [0.2, 0.25) is 0 Å². The number of piperidine rings is 1. The zero-order valence-corrected chi connectivity index (χ0v) is 21.4. The summed E-state index contributed by atoms with van der Waals surface area (Å²) in [6.07, 6.45) is -0.296. The maximum Gasteiger partial charge on any atom is 0.416 e. The molecular formula is C27H33F3N2O3S. The quantitative estimate of drug-likeness (QED) is 0.261. The molecule has 2 aliphatic heterocycles. The van der Waals surface area contributed by atoms with Gasteiger partial charge in [-0.05, 0) is 62.6 Å². The third-order valence-corrected chi connectivity index (χ3v) is 7.63. The van der Waals surface area contributed by atoms with Crippen molar-refractivity contribution in [3.63, 3.8) is 0 Å². The van der Waals surface area contributed by atoms with Crippen LogP contribution in [-0.4, -0.2) is 56.4 Å². The lowest BCUT2D eigenvalue weighted by Gasteiger charge is -2.35. The number of para-hydroxylation sites is 1. The van der Waals surface area contributed by atoms with Gasteiger partial charge in [-0.15, -0.1) is 0 Å². The van der Waals surface area contributed by atoms with Gasteiger partial charge in [0.25, 0.3) is 0 Å². The van der Waals surface area contributed by atoms with Gasteiger partial charge in [-0.1, -0.05) is 30.8 Å². The van der Waals surface area contributed by atoms with Crippen molar-refractivity contribution in [2.24, 2.45) is 0 Å². The fourth-order valence-electron chi connectivity index (χ4n) is 4.65. The number of carbonyl (C=O) groups is 1. The van der Waals surface area contributed by atoms with Crippen LogP contribution in [0.1, 0.15) is 44.6 Å². The fourth-order valence-corrected chi connectivity index (χ4v) is 5.72. The molecule has 0 aliphatic carbocycles. The summed E-state index contributed by atoms with van der Waals surface area (Å²) >= 11 is 1.52. The number of ether oxygens (including phenoxy) is 2. The van der Waals surface area contributed by atoms with E-state index in [9.17, 15) is 18.0 Å². The Morgan fingerprint density at radius 2 is 1.78 bits per heavy atom. The van der Waals surface area contributed by atoms with Gasteiger partial charge in [0, 0.05) is 35.8 Å². The zero-order valence-electron chi connectivity index (χ0n) is 20.6. The highest BCUT2D eigenvalue weighted by Gasteiger charge is 2.33. The highest BCUT2D eigenvalue weighted by molar-refractivity contribution is 7.99. The van der Waals surface area contributed by atoms with Crippen molar-refractivity contribution in [2.45, 2.75) is 61.1 Å². The van der Waals surface area contributed by atoms with E-state index < -0.39 is 11.7 Å². The van der Waals surface area contributed by atoms with Crippen LogP contribution in [0.3, 0.4) is 0 Å². The Morgan fingerprint density at radius 3 is 2.53 bits per heavy atom. The normalized spacial score (nSPS) is 16.5. The summed E-state index contributed by atoms with van der Waals surface area (Å²) in [5.41, 5.74) is 0.967. The number of halogens is 3. The van der Waals surface area contributed by atoms with Gasteiger partial charge in [-0.3, -0.25) is 4.79 Å². The first-order chi connectivity index (χ1) is 17.3. The number of carbonyl (C=O) groups excluding carboxylic acids is 1. The highest BCUT2D eigenvalue weighted by Crippen LogP contribution is 2.49. The number of hydrogen-bond donors (Lipinski definition) is 0. The first-order valence-corrected chi connectivity index (χ1v) is 13.4.